The normalized spacial score (nSPS) is 11.8. The van der Waals surface area contributed by atoms with Gasteiger partial charge in [0.2, 0.25) is 0 Å². The highest BCUT2D eigenvalue weighted by Crippen LogP contribution is 2.15. The number of halogens is 1. The highest BCUT2D eigenvalue weighted by molar-refractivity contribution is 5.75. The number of nitrogens with zero attached hydrogens (tertiary/aromatic N) is 1. The minimum absolute atomic E-state index is 0.204. The second-order valence-corrected chi connectivity index (χ2v) is 2.67. The minimum atomic E-state index is -1.23. The summed E-state index contributed by atoms with van der Waals surface area (Å²) in [6.45, 7) is 0. The van der Waals surface area contributed by atoms with Crippen LogP contribution in [0, 0.1) is 17.1 Å². The van der Waals surface area contributed by atoms with Gasteiger partial charge in [0.05, 0.1) is 5.56 Å². The maximum absolute atomic E-state index is 12.8. The summed E-state index contributed by atoms with van der Waals surface area (Å²) in [5.74, 6) is -1.91. The average molecular weight is 194 g/mol. The topological polar surface area (TPSA) is 87.1 Å². The number of carboxylic acid groups (broad SMARTS) is 1. The van der Waals surface area contributed by atoms with Gasteiger partial charge in [-0.25, -0.2) is 4.39 Å². The minimum Gasteiger partial charge on any atom is -0.480 e. The van der Waals surface area contributed by atoms with E-state index in [9.17, 15) is 9.18 Å². The molecule has 1 atom stereocenters. The van der Waals surface area contributed by atoms with Crippen LogP contribution in [0.25, 0.3) is 0 Å². The Labute approximate surface area is 79.4 Å². The fourth-order valence-electron chi connectivity index (χ4n) is 0.965. The summed E-state index contributed by atoms with van der Waals surface area (Å²) in [4.78, 5) is 10.5. The van der Waals surface area contributed by atoms with Gasteiger partial charge < -0.3 is 10.8 Å². The van der Waals surface area contributed by atoms with E-state index in [-0.39, 0.29) is 11.1 Å². The number of carbonyl (C=O) groups is 1. The van der Waals surface area contributed by atoms with Gasteiger partial charge in [0, 0.05) is 0 Å². The first kappa shape index (κ1) is 10.2. The summed E-state index contributed by atoms with van der Waals surface area (Å²) < 4.78 is 12.8. The molecule has 3 N–H and O–H groups in total. The van der Waals surface area contributed by atoms with Gasteiger partial charge in [-0.3, -0.25) is 4.79 Å². The molecule has 1 aromatic rings. The van der Waals surface area contributed by atoms with Gasteiger partial charge in [-0.05, 0) is 17.7 Å². The summed E-state index contributed by atoms with van der Waals surface area (Å²) in [7, 11) is 0. The lowest BCUT2D eigenvalue weighted by Crippen LogP contribution is -2.20. The maximum atomic E-state index is 12.8. The molecule has 0 aliphatic carbocycles. The van der Waals surface area contributed by atoms with Gasteiger partial charge in [-0.15, -0.1) is 0 Å². The van der Waals surface area contributed by atoms with Crippen LogP contribution in [0.15, 0.2) is 18.2 Å². The fraction of sp³-hybridized carbons (Fsp3) is 0.111. The summed E-state index contributed by atoms with van der Waals surface area (Å²) in [5, 5.41) is 17.1. The number of rotatable bonds is 2. The van der Waals surface area contributed by atoms with Gasteiger partial charge in [0.25, 0.3) is 0 Å². The van der Waals surface area contributed by atoms with E-state index in [2.05, 4.69) is 0 Å². The van der Waals surface area contributed by atoms with Crippen LogP contribution in [0.2, 0.25) is 0 Å². The van der Waals surface area contributed by atoms with Crippen molar-refractivity contribution in [3.8, 4) is 6.07 Å². The quantitative estimate of drug-likeness (QED) is 0.728. The molecule has 0 fully saturated rings. The van der Waals surface area contributed by atoms with Crippen molar-refractivity contribution in [1.82, 2.24) is 0 Å². The Kier molecular flexibility index (Phi) is 2.79. The summed E-state index contributed by atoms with van der Waals surface area (Å²) in [6, 6.07) is 3.77. The van der Waals surface area contributed by atoms with E-state index in [4.69, 9.17) is 16.1 Å². The number of carboxylic acids is 1. The standard InChI is InChI=1S/C9H7FN2O2/c10-7-2-1-5(3-6(7)4-11)8(12)9(13)14/h1-3,8H,12H2,(H,13,14)/t8-/m0/s1. The highest BCUT2D eigenvalue weighted by atomic mass is 19.1. The number of nitrogens with two attached hydrogens (primary N) is 1. The molecule has 1 rings (SSSR count). The lowest BCUT2D eigenvalue weighted by atomic mass is 10.0. The zero-order valence-electron chi connectivity index (χ0n) is 7.07. The SMILES string of the molecule is N#Cc1cc([C@H](N)C(=O)O)ccc1F. The fourth-order valence-corrected chi connectivity index (χ4v) is 0.965. The van der Waals surface area contributed by atoms with Gasteiger partial charge >= 0.3 is 5.97 Å². The van der Waals surface area contributed by atoms with E-state index in [0.717, 1.165) is 12.1 Å². The van der Waals surface area contributed by atoms with Crippen LogP contribution in [-0.4, -0.2) is 11.1 Å². The highest BCUT2D eigenvalue weighted by Gasteiger charge is 2.15. The second-order valence-electron chi connectivity index (χ2n) is 2.67. The zero-order chi connectivity index (χ0) is 10.7. The van der Waals surface area contributed by atoms with Crippen molar-refractivity contribution in [2.45, 2.75) is 6.04 Å². The number of benzene rings is 1. The smallest absolute Gasteiger partial charge is 0.325 e. The number of hydrogen-bond donors (Lipinski definition) is 2. The molecule has 0 saturated carbocycles. The Balaban J connectivity index is 3.14. The van der Waals surface area contributed by atoms with E-state index in [1.54, 1.807) is 6.07 Å². The van der Waals surface area contributed by atoms with E-state index < -0.39 is 17.8 Å². The molecule has 0 aliphatic heterocycles. The molecule has 5 heteroatoms. The van der Waals surface area contributed by atoms with Crippen LogP contribution in [0.1, 0.15) is 17.2 Å². The summed E-state index contributed by atoms with van der Waals surface area (Å²) in [5.41, 5.74) is 5.28. The first-order valence-electron chi connectivity index (χ1n) is 3.74. The molecule has 0 amide bonds. The number of aliphatic carboxylic acids is 1. The first-order valence-corrected chi connectivity index (χ1v) is 3.74. The molecule has 4 nitrogen and oxygen atoms in total. The third-order valence-corrected chi connectivity index (χ3v) is 1.74. The van der Waals surface area contributed by atoms with Gasteiger partial charge in [0.1, 0.15) is 17.9 Å². The number of hydrogen-bond acceptors (Lipinski definition) is 3. The third-order valence-electron chi connectivity index (χ3n) is 1.74. The van der Waals surface area contributed by atoms with E-state index in [0.29, 0.717) is 0 Å². The Morgan fingerprint density at radius 1 is 1.64 bits per heavy atom. The van der Waals surface area contributed by atoms with Crippen molar-refractivity contribution in [2.24, 2.45) is 5.73 Å². The molecule has 0 saturated heterocycles. The van der Waals surface area contributed by atoms with Crippen LogP contribution < -0.4 is 5.73 Å². The largest absolute Gasteiger partial charge is 0.480 e. The molecule has 1 aromatic carbocycles. The Morgan fingerprint density at radius 3 is 2.79 bits per heavy atom. The van der Waals surface area contributed by atoms with E-state index >= 15 is 0 Å². The molecule has 0 aromatic heterocycles. The lowest BCUT2D eigenvalue weighted by Gasteiger charge is -2.06. The molecule has 72 valence electrons. The van der Waals surface area contributed by atoms with Crippen LogP contribution in [0.3, 0.4) is 0 Å². The Bertz CT molecular complexity index is 412. The molecule has 0 bridgehead atoms. The molecule has 14 heavy (non-hydrogen) atoms. The third kappa shape index (κ3) is 1.87. The predicted molar refractivity (Wildman–Crippen MR) is 45.7 cm³/mol. The monoisotopic (exact) mass is 194 g/mol. The Morgan fingerprint density at radius 2 is 2.29 bits per heavy atom. The average Bonchev–Trinajstić information content (AvgIpc) is 2.17. The first-order chi connectivity index (χ1) is 6.56. The predicted octanol–water partition coefficient (Wildman–Crippen LogP) is 0.782. The molecule has 0 aliphatic rings. The number of nitriles is 1. The lowest BCUT2D eigenvalue weighted by molar-refractivity contribution is -0.138. The van der Waals surface area contributed by atoms with Gasteiger partial charge in [0.15, 0.2) is 0 Å². The zero-order valence-corrected chi connectivity index (χ0v) is 7.07. The van der Waals surface area contributed by atoms with Crippen molar-refractivity contribution >= 4 is 5.97 Å². The summed E-state index contributed by atoms with van der Waals surface area (Å²) in [6.07, 6.45) is 0. The van der Waals surface area contributed by atoms with Crippen molar-refractivity contribution in [1.29, 1.82) is 5.26 Å². The second kappa shape index (κ2) is 3.85. The van der Waals surface area contributed by atoms with Gasteiger partial charge in [-0.2, -0.15) is 5.26 Å². The van der Waals surface area contributed by atoms with Crippen LogP contribution in [0.5, 0.6) is 0 Å². The van der Waals surface area contributed by atoms with Crippen LogP contribution in [0.4, 0.5) is 4.39 Å². The molecular weight excluding hydrogens is 187 g/mol. The van der Waals surface area contributed by atoms with E-state index in [1.807, 2.05) is 0 Å². The van der Waals surface area contributed by atoms with E-state index in [1.165, 1.54) is 6.07 Å². The van der Waals surface area contributed by atoms with Crippen molar-refractivity contribution in [3.05, 3.63) is 35.1 Å². The molecule has 0 radical (unpaired) electrons. The van der Waals surface area contributed by atoms with Gasteiger partial charge in [-0.1, -0.05) is 6.07 Å². The molecule has 0 spiro atoms. The van der Waals surface area contributed by atoms with Crippen LogP contribution >= 0.6 is 0 Å². The maximum Gasteiger partial charge on any atom is 0.325 e. The summed E-state index contributed by atoms with van der Waals surface area (Å²) >= 11 is 0. The molecule has 0 heterocycles. The van der Waals surface area contributed by atoms with Crippen LogP contribution in [-0.2, 0) is 4.79 Å². The Hall–Kier alpha value is -1.93. The molecular formula is C9H7FN2O2. The van der Waals surface area contributed by atoms with Crippen molar-refractivity contribution < 1.29 is 14.3 Å². The molecule has 0 unspecified atom stereocenters. The van der Waals surface area contributed by atoms with Crippen molar-refractivity contribution in [2.75, 3.05) is 0 Å². The van der Waals surface area contributed by atoms with Crippen molar-refractivity contribution in [3.63, 3.8) is 0 Å².